The number of nitrogens with one attached hydrogen (secondary N) is 1. The van der Waals surface area contributed by atoms with E-state index in [4.69, 9.17) is 0 Å². The van der Waals surface area contributed by atoms with Gasteiger partial charge < -0.3 is 9.38 Å². The highest BCUT2D eigenvalue weighted by Crippen LogP contribution is 2.45. The van der Waals surface area contributed by atoms with Crippen LogP contribution in [0.4, 0.5) is 0 Å². The van der Waals surface area contributed by atoms with Gasteiger partial charge in [-0.25, -0.2) is 0 Å². The van der Waals surface area contributed by atoms with Crippen LogP contribution in [0.5, 0.6) is 0 Å². The average molecular weight is 541 g/mol. The van der Waals surface area contributed by atoms with Crippen LogP contribution in [-0.2, 0) is 0 Å². The second-order valence-electron chi connectivity index (χ2n) is 12.0. The maximum Gasteiger partial charge on any atom is 0.197 e. The summed E-state index contributed by atoms with van der Waals surface area (Å²) in [5.74, 6) is 0. The number of hydrogen-bond acceptors (Lipinski definition) is 0. The Balaban J connectivity index is 1.34. The Bertz CT molecular complexity index is 2800. The highest BCUT2D eigenvalue weighted by atomic mass is 14.9. The summed E-state index contributed by atoms with van der Waals surface area (Å²) in [7, 11) is 2.43. The Morgan fingerprint density at radius 3 is 2.09 bits per heavy atom. The molecule has 0 unspecified atom stereocenters. The van der Waals surface area contributed by atoms with Gasteiger partial charge in [0.05, 0.1) is 11.0 Å². The van der Waals surface area contributed by atoms with Crippen molar-refractivity contribution < 1.29 is 0 Å². The topological polar surface area (TPSA) is 20.2 Å². The molecule has 10 aromatic rings. The third kappa shape index (κ3) is 2.67. The van der Waals surface area contributed by atoms with Crippen LogP contribution in [0.2, 0.25) is 0 Å². The highest BCUT2D eigenvalue weighted by Gasteiger charge is 2.29. The van der Waals surface area contributed by atoms with E-state index in [2.05, 4.69) is 144 Å². The van der Waals surface area contributed by atoms with Gasteiger partial charge in [-0.05, 0) is 51.1 Å². The molecule has 0 atom stereocenters. The summed E-state index contributed by atoms with van der Waals surface area (Å²) >= 11 is 0. The average Bonchev–Trinajstić information content (AvgIpc) is 3.72. The number of aromatic nitrogens is 2. The molecule has 0 saturated carbocycles. The first-order valence-electron chi connectivity index (χ1n) is 15.0. The maximum atomic E-state index is 3.86. The number of benzene rings is 7. The van der Waals surface area contributed by atoms with Crippen LogP contribution in [-0.4, -0.2) is 16.7 Å². The van der Waals surface area contributed by atoms with Crippen LogP contribution in [0.1, 0.15) is 0 Å². The molecule has 1 aliphatic rings. The Morgan fingerprint density at radius 1 is 0.488 bits per heavy atom. The molecule has 0 saturated heterocycles. The lowest BCUT2D eigenvalue weighted by atomic mass is 9.59. The zero-order valence-corrected chi connectivity index (χ0v) is 23.1. The third-order valence-corrected chi connectivity index (χ3v) is 9.85. The number of nitrogens with zero attached hydrogens (tertiary/aromatic N) is 1. The number of rotatable bonds is 2. The summed E-state index contributed by atoms with van der Waals surface area (Å²) in [5, 5.41) is 10.4. The van der Waals surface area contributed by atoms with Gasteiger partial charge in [-0.3, -0.25) is 0 Å². The van der Waals surface area contributed by atoms with Crippen LogP contribution >= 0.6 is 0 Å². The molecule has 7 aromatic carbocycles. The van der Waals surface area contributed by atoms with Crippen molar-refractivity contribution in [1.82, 2.24) is 9.38 Å². The normalized spacial score (nSPS) is 12.8. The van der Waals surface area contributed by atoms with Gasteiger partial charge in [0.15, 0.2) is 7.28 Å². The van der Waals surface area contributed by atoms with Crippen molar-refractivity contribution in [2.75, 3.05) is 0 Å². The van der Waals surface area contributed by atoms with Gasteiger partial charge in [0.2, 0.25) is 0 Å². The molecule has 3 heteroatoms. The van der Waals surface area contributed by atoms with Crippen LogP contribution in [0.15, 0.2) is 127 Å². The van der Waals surface area contributed by atoms with Crippen molar-refractivity contribution in [3.05, 3.63) is 127 Å². The van der Waals surface area contributed by atoms with E-state index >= 15 is 0 Å². The summed E-state index contributed by atoms with van der Waals surface area (Å²) in [6.07, 6.45) is 0. The molecule has 3 aromatic heterocycles. The summed E-state index contributed by atoms with van der Waals surface area (Å²) in [4.78, 5) is 3.86. The number of fused-ring (bicyclic) bond motifs is 6. The van der Waals surface area contributed by atoms with E-state index in [9.17, 15) is 0 Å². The molecule has 1 aliphatic heterocycles. The SMILES string of the molecule is [B]1c2cccc3c4cccc5c6c(-c7ccccc7)cc(-c7cccc8c7[nH]c7cc9ccccc9cc78)c1c6n(c23)c45. The molecular formula is C40H22BN2. The van der Waals surface area contributed by atoms with E-state index in [0.29, 0.717) is 0 Å². The molecule has 2 nitrogen and oxygen atoms in total. The molecule has 0 bridgehead atoms. The molecule has 0 aliphatic carbocycles. The van der Waals surface area contributed by atoms with Crippen LogP contribution in [0.25, 0.3) is 92.9 Å². The van der Waals surface area contributed by atoms with Crippen molar-refractivity contribution in [2.45, 2.75) is 0 Å². The molecule has 1 N–H and O–H groups in total. The number of para-hydroxylation sites is 3. The molecule has 0 fully saturated rings. The lowest BCUT2D eigenvalue weighted by molar-refractivity contribution is 1.38. The van der Waals surface area contributed by atoms with Gasteiger partial charge in [0.1, 0.15) is 0 Å². The first kappa shape index (κ1) is 22.1. The van der Waals surface area contributed by atoms with E-state index in [1.165, 1.54) is 104 Å². The Hall–Kier alpha value is -5.54. The number of hydrogen-bond donors (Lipinski definition) is 1. The second kappa shape index (κ2) is 7.64. The van der Waals surface area contributed by atoms with Crippen molar-refractivity contribution >= 4 is 88.9 Å². The lowest BCUT2D eigenvalue weighted by Crippen LogP contribution is -2.34. The summed E-state index contributed by atoms with van der Waals surface area (Å²) in [6.45, 7) is 0. The fraction of sp³-hybridized carbons (Fsp3) is 0. The van der Waals surface area contributed by atoms with E-state index in [1.807, 2.05) is 0 Å². The molecule has 43 heavy (non-hydrogen) atoms. The van der Waals surface area contributed by atoms with Gasteiger partial charge in [0.25, 0.3) is 0 Å². The zero-order chi connectivity index (χ0) is 27.8. The Morgan fingerprint density at radius 2 is 1.21 bits per heavy atom. The van der Waals surface area contributed by atoms with Crippen molar-refractivity contribution in [2.24, 2.45) is 0 Å². The first-order chi connectivity index (χ1) is 21.3. The molecule has 0 amide bonds. The molecule has 0 spiro atoms. The smallest absolute Gasteiger partial charge is 0.197 e. The van der Waals surface area contributed by atoms with E-state index in [0.717, 1.165) is 0 Å². The number of aromatic amines is 1. The molecule has 1 radical (unpaired) electrons. The highest BCUT2D eigenvalue weighted by molar-refractivity contribution is 6.75. The van der Waals surface area contributed by atoms with Crippen molar-refractivity contribution in [3.8, 4) is 22.3 Å². The second-order valence-corrected chi connectivity index (χ2v) is 12.0. The quantitative estimate of drug-likeness (QED) is 0.211. The molecule has 195 valence electrons. The van der Waals surface area contributed by atoms with Crippen LogP contribution in [0.3, 0.4) is 0 Å². The lowest BCUT2D eigenvalue weighted by Gasteiger charge is -2.20. The minimum Gasteiger partial charge on any atom is -0.354 e. The predicted molar refractivity (Wildman–Crippen MR) is 184 cm³/mol. The zero-order valence-electron chi connectivity index (χ0n) is 23.1. The van der Waals surface area contributed by atoms with Gasteiger partial charge in [-0.2, -0.15) is 0 Å². The summed E-state index contributed by atoms with van der Waals surface area (Å²) in [6, 6.07) is 47.0. The van der Waals surface area contributed by atoms with Gasteiger partial charge in [-0.1, -0.05) is 115 Å². The maximum absolute atomic E-state index is 3.86. The third-order valence-electron chi connectivity index (χ3n) is 9.85. The van der Waals surface area contributed by atoms with Crippen molar-refractivity contribution in [1.29, 1.82) is 0 Å². The van der Waals surface area contributed by atoms with Crippen molar-refractivity contribution in [3.63, 3.8) is 0 Å². The molecular weight excluding hydrogens is 519 g/mol. The Kier molecular flexibility index (Phi) is 3.93. The Labute approximate surface area is 247 Å². The van der Waals surface area contributed by atoms with Crippen LogP contribution < -0.4 is 10.9 Å². The van der Waals surface area contributed by atoms with Crippen LogP contribution in [0, 0.1) is 0 Å². The first-order valence-corrected chi connectivity index (χ1v) is 15.0. The predicted octanol–water partition coefficient (Wildman–Crippen LogP) is 8.93. The van der Waals surface area contributed by atoms with E-state index in [-0.39, 0.29) is 0 Å². The van der Waals surface area contributed by atoms with Gasteiger partial charge >= 0.3 is 0 Å². The summed E-state index contributed by atoms with van der Waals surface area (Å²) < 4.78 is 2.56. The fourth-order valence-electron chi connectivity index (χ4n) is 8.08. The van der Waals surface area contributed by atoms with E-state index in [1.54, 1.807) is 0 Å². The standard InChI is InChI=1S/C40H22BN2/c1-2-9-22(10-3-1)30-21-32(26-14-6-13-25-31-19-23-11-4-5-12-24(23)20-34(31)42-37(25)26)36-40-35(30)29-17-7-15-27-28-16-8-18-33(41-36)39(28)43(40)38(27)29/h1-21,42H. The molecule has 4 heterocycles. The number of H-pyrrole nitrogens is 1. The minimum absolute atomic E-state index is 1.18. The monoisotopic (exact) mass is 541 g/mol. The fourth-order valence-corrected chi connectivity index (χ4v) is 8.08. The minimum atomic E-state index is 1.18. The van der Waals surface area contributed by atoms with E-state index < -0.39 is 0 Å². The van der Waals surface area contributed by atoms with Gasteiger partial charge in [-0.15, -0.1) is 0 Å². The van der Waals surface area contributed by atoms with Gasteiger partial charge in [0, 0.05) is 54.4 Å². The molecule has 11 rings (SSSR count). The summed E-state index contributed by atoms with van der Waals surface area (Å²) in [5.41, 5.74) is 13.9. The largest absolute Gasteiger partial charge is 0.354 e.